The van der Waals surface area contributed by atoms with E-state index in [0.29, 0.717) is 5.89 Å². The van der Waals surface area contributed by atoms with Gasteiger partial charge in [-0.15, -0.1) is 0 Å². The van der Waals surface area contributed by atoms with Crippen LogP contribution in [0, 0.1) is 13.8 Å². The monoisotopic (exact) mass is 314 g/mol. The number of fused-ring (bicyclic) bond motifs is 2. The lowest BCUT2D eigenvalue weighted by Crippen LogP contribution is -1.94. The van der Waals surface area contributed by atoms with E-state index in [4.69, 9.17) is 9.40 Å². The Labute approximate surface area is 140 Å². The van der Waals surface area contributed by atoms with Crippen molar-refractivity contribution >= 4 is 27.6 Å². The van der Waals surface area contributed by atoms with Crippen LogP contribution in [0.3, 0.4) is 0 Å². The first-order valence-corrected chi connectivity index (χ1v) is 7.97. The Balaban J connectivity index is 2.04. The van der Waals surface area contributed by atoms with Crippen molar-refractivity contribution in [2.75, 3.05) is 0 Å². The van der Waals surface area contributed by atoms with Crippen LogP contribution in [0.1, 0.15) is 23.6 Å². The molecule has 0 bridgehead atoms. The van der Waals surface area contributed by atoms with Gasteiger partial charge < -0.3 is 4.42 Å². The molecule has 2 aromatic carbocycles. The van der Waals surface area contributed by atoms with E-state index in [1.54, 1.807) is 0 Å². The van der Waals surface area contributed by atoms with Crippen molar-refractivity contribution in [1.82, 2.24) is 9.97 Å². The first-order chi connectivity index (χ1) is 11.5. The van der Waals surface area contributed by atoms with E-state index in [-0.39, 0.29) is 0 Å². The van der Waals surface area contributed by atoms with Crippen molar-refractivity contribution in [2.45, 2.75) is 20.8 Å². The Morgan fingerprint density at radius 2 is 1.83 bits per heavy atom. The van der Waals surface area contributed by atoms with Crippen molar-refractivity contribution in [3.63, 3.8) is 0 Å². The predicted octanol–water partition coefficient (Wildman–Crippen LogP) is 5.69. The molecule has 0 atom stereocenters. The van der Waals surface area contributed by atoms with Gasteiger partial charge in [0.25, 0.3) is 0 Å². The van der Waals surface area contributed by atoms with E-state index in [9.17, 15) is 0 Å². The van der Waals surface area contributed by atoms with Gasteiger partial charge in [-0.25, -0.2) is 9.97 Å². The number of nitrogens with zero attached hydrogens (tertiary/aromatic N) is 2. The molecule has 0 aliphatic heterocycles. The minimum atomic E-state index is 0.542. The number of pyridine rings is 1. The molecule has 0 fully saturated rings. The first-order valence-electron chi connectivity index (χ1n) is 7.97. The summed E-state index contributed by atoms with van der Waals surface area (Å²) in [6.07, 6.45) is 0. The van der Waals surface area contributed by atoms with Crippen LogP contribution >= 0.6 is 0 Å². The molecular formula is C21H18N2O. The molecule has 24 heavy (non-hydrogen) atoms. The second-order valence-electron chi connectivity index (χ2n) is 6.30. The minimum Gasteiger partial charge on any atom is -0.435 e. The molecule has 3 heteroatoms. The van der Waals surface area contributed by atoms with Crippen LogP contribution < -0.4 is 0 Å². The highest BCUT2D eigenvalue weighted by molar-refractivity contribution is 5.95. The van der Waals surface area contributed by atoms with E-state index < -0.39 is 0 Å². The summed E-state index contributed by atoms with van der Waals surface area (Å²) in [6, 6.07) is 14.1. The van der Waals surface area contributed by atoms with Gasteiger partial charge in [0.2, 0.25) is 5.89 Å². The zero-order valence-corrected chi connectivity index (χ0v) is 14.1. The quantitative estimate of drug-likeness (QED) is 0.477. The van der Waals surface area contributed by atoms with Crippen molar-refractivity contribution < 1.29 is 4.42 Å². The summed E-state index contributed by atoms with van der Waals surface area (Å²) in [4.78, 5) is 9.41. The average molecular weight is 314 g/mol. The topological polar surface area (TPSA) is 38.9 Å². The number of hydrogen-bond donors (Lipinski definition) is 0. The van der Waals surface area contributed by atoms with Gasteiger partial charge >= 0.3 is 0 Å². The standard InChI is InChI=1S/C21H18N2O/c1-12(2)15-11-18(21-23-17-7-5-6-8-19(17)24-21)22-20-14(4)9-13(3)10-16(15)20/h5-11H,1H2,2-4H3. The predicted molar refractivity (Wildman–Crippen MR) is 98.9 cm³/mol. The maximum Gasteiger partial charge on any atom is 0.246 e. The van der Waals surface area contributed by atoms with E-state index in [2.05, 4.69) is 37.5 Å². The molecular weight excluding hydrogens is 296 g/mol. The molecule has 0 unspecified atom stereocenters. The van der Waals surface area contributed by atoms with Gasteiger partial charge in [-0.1, -0.05) is 35.9 Å². The summed E-state index contributed by atoms with van der Waals surface area (Å²) in [7, 11) is 0. The van der Waals surface area contributed by atoms with E-state index >= 15 is 0 Å². The van der Waals surface area contributed by atoms with Crippen LogP contribution in [0.25, 0.3) is 39.2 Å². The van der Waals surface area contributed by atoms with Gasteiger partial charge in [0.1, 0.15) is 11.2 Å². The van der Waals surface area contributed by atoms with E-state index in [1.807, 2.05) is 37.3 Å². The number of aromatic nitrogens is 2. The summed E-state index contributed by atoms with van der Waals surface area (Å²) in [5.41, 5.74) is 7.78. The van der Waals surface area contributed by atoms with E-state index in [1.165, 1.54) is 5.56 Å². The SMILES string of the molecule is C=C(C)c1cc(-c2nc3ccccc3o2)nc2c(C)cc(C)cc12. The lowest BCUT2D eigenvalue weighted by Gasteiger charge is -2.11. The Hall–Kier alpha value is -2.94. The van der Waals surface area contributed by atoms with E-state index in [0.717, 1.165) is 44.4 Å². The molecule has 4 rings (SSSR count). The summed E-state index contributed by atoms with van der Waals surface area (Å²) in [5.74, 6) is 0.542. The number of para-hydroxylation sites is 2. The maximum absolute atomic E-state index is 5.90. The molecule has 118 valence electrons. The third-order valence-corrected chi connectivity index (χ3v) is 4.22. The third kappa shape index (κ3) is 2.29. The van der Waals surface area contributed by atoms with Gasteiger partial charge in [0, 0.05) is 5.39 Å². The molecule has 2 aromatic heterocycles. The van der Waals surface area contributed by atoms with Crippen molar-refractivity contribution in [2.24, 2.45) is 0 Å². The fraction of sp³-hybridized carbons (Fsp3) is 0.143. The molecule has 0 aliphatic carbocycles. The molecule has 0 spiro atoms. The van der Waals surface area contributed by atoms with Gasteiger partial charge in [-0.3, -0.25) is 0 Å². The van der Waals surface area contributed by atoms with Gasteiger partial charge in [0.15, 0.2) is 5.58 Å². The summed E-state index contributed by atoms with van der Waals surface area (Å²) >= 11 is 0. The van der Waals surface area contributed by atoms with Gasteiger partial charge in [-0.2, -0.15) is 0 Å². The second-order valence-corrected chi connectivity index (χ2v) is 6.30. The van der Waals surface area contributed by atoms with Crippen LogP contribution in [-0.4, -0.2) is 9.97 Å². The lowest BCUT2D eigenvalue weighted by molar-refractivity contribution is 0.617. The van der Waals surface area contributed by atoms with Crippen LogP contribution in [0.15, 0.2) is 53.5 Å². The lowest BCUT2D eigenvalue weighted by atomic mass is 9.98. The Bertz CT molecular complexity index is 1070. The molecule has 0 aliphatic rings. The third-order valence-electron chi connectivity index (χ3n) is 4.22. The van der Waals surface area contributed by atoms with Crippen LogP contribution in [0.4, 0.5) is 0 Å². The highest BCUT2D eigenvalue weighted by Gasteiger charge is 2.14. The molecule has 4 aromatic rings. The zero-order valence-electron chi connectivity index (χ0n) is 14.1. The minimum absolute atomic E-state index is 0.542. The van der Waals surface area contributed by atoms with Gasteiger partial charge in [-0.05, 0) is 56.2 Å². The molecule has 0 radical (unpaired) electrons. The Morgan fingerprint density at radius 1 is 1.04 bits per heavy atom. The number of oxazole rings is 1. The van der Waals surface area contributed by atoms with Crippen molar-refractivity contribution in [3.05, 3.63) is 65.7 Å². The second kappa shape index (κ2) is 5.31. The van der Waals surface area contributed by atoms with Crippen LogP contribution in [0.2, 0.25) is 0 Å². The molecule has 2 heterocycles. The summed E-state index contributed by atoms with van der Waals surface area (Å²) < 4.78 is 5.90. The Kier molecular flexibility index (Phi) is 3.24. The van der Waals surface area contributed by atoms with Gasteiger partial charge in [0.05, 0.1) is 5.52 Å². The van der Waals surface area contributed by atoms with Crippen LogP contribution in [-0.2, 0) is 0 Å². The molecule has 3 nitrogen and oxygen atoms in total. The fourth-order valence-corrected chi connectivity index (χ4v) is 3.13. The largest absolute Gasteiger partial charge is 0.435 e. The van der Waals surface area contributed by atoms with Crippen molar-refractivity contribution in [1.29, 1.82) is 0 Å². The smallest absolute Gasteiger partial charge is 0.246 e. The molecule has 0 amide bonds. The molecule has 0 saturated heterocycles. The fourth-order valence-electron chi connectivity index (χ4n) is 3.13. The number of aryl methyl sites for hydroxylation is 2. The van der Waals surface area contributed by atoms with Crippen molar-refractivity contribution in [3.8, 4) is 11.6 Å². The molecule has 0 N–H and O–H groups in total. The Morgan fingerprint density at radius 3 is 2.58 bits per heavy atom. The number of rotatable bonds is 2. The number of allylic oxidation sites excluding steroid dienone is 1. The highest BCUT2D eigenvalue weighted by atomic mass is 16.3. The number of benzene rings is 2. The maximum atomic E-state index is 5.90. The zero-order chi connectivity index (χ0) is 16.8. The number of hydrogen-bond acceptors (Lipinski definition) is 3. The summed E-state index contributed by atoms with van der Waals surface area (Å²) in [5, 5.41) is 1.12. The highest BCUT2D eigenvalue weighted by Crippen LogP contribution is 2.31. The average Bonchev–Trinajstić information content (AvgIpc) is 2.98. The molecule has 0 saturated carbocycles. The normalized spacial score (nSPS) is 11.3. The first kappa shape index (κ1) is 14.6. The summed E-state index contributed by atoms with van der Waals surface area (Å²) in [6.45, 7) is 10.3. The van der Waals surface area contributed by atoms with Crippen LogP contribution in [0.5, 0.6) is 0 Å².